The van der Waals surface area contributed by atoms with Crippen LogP contribution >= 0.6 is 0 Å². The molecule has 0 fully saturated rings. The number of carbonyl (C=O) groups excluding carboxylic acids is 2. The normalized spacial score (nSPS) is 13.6. The van der Waals surface area contributed by atoms with E-state index in [2.05, 4.69) is 24.3 Å². The van der Waals surface area contributed by atoms with Crippen LogP contribution in [0.25, 0.3) is 11.1 Å². The van der Waals surface area contributed by atoms with Crippen LogP contribution in [0.4, 0.5) is 0 Å². The maximum absolute atomic E-state index is 12.5. The number of esters is 2. The third-order valence-corrected chi connectivity index (χ3v) is 4.67. The molecule has 3 rings (SSSR count). The summed E-state index contributed by atoms with van der Waals surface area (Å²) >= 11 is 0. The third kappa shape index (κ3) is 3.48. The van der Waals surface area contributed by atoms with Gasteiger partial charge in [-0.2, -0.15) is 0 Å². The Morgan fingerprint density at radius 2 is 1.50 bits per heavy atom. The molecule has 0 aliphatic heterocycles. The molecule has 1 aliphatic rings. The van der Waals surface area contributed by atoms with E-state index >= 15 is 0 Å². The van der Waals surface area contributed by atoms with Crippen molar-refractivity contribution in [1.82, 2.24) is 0 Å². The first-order valence-electron chi connectivity index (χ1n) is 8.89. The van der Waals surface area contributed by atoms with E-state index in [0.29, 0.717) is 0 Å². The van der Waals surface area contributed by atoms with Gasteiger partial charge < -0.3 is 15.2 Å². The highest BCUT2D eigenvalue weighted by Gasteiger charge is 2.32. The van der Waals surface area contributed by atoms with Crippen molar-refractivity contribution in [2.45, 2.75) is 19.3 Å². The molecule has 0 bridgehead atoms. The van der Waals surface area contributed by atoms with Gasteiger partial charge in [-0.3, -0.25) is 9.59 Å². The lowest BCUT2D eigenvalue weighted by molar-refractivity contribution is -0.162. The third-order valence-electron chi connectivity index (χ3n) is 4.67. The number of ether oxygens (including phenoxy) is 2. The summed E-state index contributed by atoms with van der Waals surface area (Å²) in [4.78, 5) is 24.4. The van der Waals surface area contributed by atoms with E-state index in [1.807, 2.05) is 24.3 Å². The molecule has 2 N–H and O–H groups in total. The molecule has 5 nitrogen and oxygen atoms in total. The van der Waals surface area contributed by atoms with Crippen LogP contribution in [0.1, 0.15) is 30.4 Å². The number of hydrogen-bond donors (Lipinski definition) is 1. The van der Waals surface area contributed by atoms with Gasteiger partial charge in [-0.05, 0) is 42.1 Å². The molecule has 0 heterocycles. The second kappa shape index (κ2) is 8.15. The number of fused-ring (bicyclic) bond motifs is 3. The molecule has 136 valence electrons. The van der Waals surface area contributed by atoms with Crippen molar-refractivity contribution in [1.29, 1.82) is 0 Å². The standard InChI is InChI=1S/C21H23NO4/c1-2-25-20(23)18(11-12-22)21(24)26-13-19-16-9-5-3-7-14(16)15-8-4-6-10-17(15)19/h3-10,18-19H,2,11-13,22H2,1H3. The summed E-state index contributed by atoms with van der Waals surface area (Å²) in [5, 5.41) is 0. The zero-order valence-electron chi connectivity index (χ0n) is 14.8. The van der Waals surface area contributed by atoms with Gasteiger partial charge in [0.05, 0.1) is 6.61 Å². The molecule has 26 heavy (non-hydrogen) atoms. The lowest BCUT2D eigenvalue weighted by Gasteiger charge is -2.17. The van der Waals surface area contributed by atoms with E-state index < -0.39 is 17.9 Å². The van der Waals surface area contributed by atoms with E-state index in [1.165, 1.54) is 0 Å². The van der Waals surface area contributed by atoms with Crippen LogP contribution in [-0.4, -0.2) is 31.7 Å². The Kier molecular flexibility index (Phi) is 5.68. The first kappa shape index (κ1) is 18.1. The van der Waals surface area contributed by atoms with E-state index in [9.17, 15) is 9.59 Å². The average Bonchev–Trinajstić information content (AvgIpc) is 2.98. The molecular formula is C21H23NO4. The predicted molar refractivity (Wildman–Crippen MR) is 98.5 cm³/mol. The zero-order chi connectivity index (χ0) is 18.5. The van der Waals surface area contributed by atoms with Gasteiger partial charge in [0, 0.05) is 5.92 Å². The summed E-state index contributed by atoms with van der Waals surface area (Å²) in [6, 6.07) is 16.2. The number of nitrogens with two attached hydrogens (primary N) is 1. The molecule has 1 unspecified atom stereocenters. The van der Waals surface area contributed by atoms with Crippen molar-refractivity contribution in [3.05, 3.63) is 59.7 Å². The number of carbonyl (C=O) groups is 2. The van der Waals surface area contributed by atoms with Gasteiger partial charge in [0.25, 0.3) is 0 Å². The fraction of sp³-hybridized carbons (Fsp3) is 0.333. The minimum absolute atomic E-state index is 0.0351. The molecule has 0 saturated carbocycles. The first-order chi connectivity index (χ1) is 12.7. The smallest absolute Gasteiger partial charge is 0.320 e. The maximum atomic E-state index is 12.5. The molecular weight excluding hydrogens is 330 g/mol. The van der Waals surface area contributed by atoms with Crippen molar-refractivity contribution in [3.8, 4) is 11.1 Å². The fourth-order valence-electron chi connectivity index (χ4n) is 3.45. The molecule has 5 heteroatoms. The van der Waals surface area contributed by atoms with Gasteiger partial charge in [-0.25, -0.2) is 0 Å². The van der Waals surface area contributed by atoms with Gasteiger partial charge in [0.15, 0.2) is 5.92 Å². The first-order valence-corrected chi connectivity index (χ1v) is 8.89. The lowest BCUT2D eigenvalue weighted by Crippen LogP contribution is -2.31. The van der Waals surface area contributed by atoms with E-state index in [-0.39, 0.29) is 32.1 Å². The summed E-state index contributed by atoms with van der Waals surface area (Å²) in [7, 11) is 0. The molecule has 1 atom stereocenters. The quantitative estimate of drug-likeness (QED) is 0.612. The topological polar surface area (TPSA) is 78.6 Å². The van der Waals surface area contributed by atoms with Crippen molar-refractivity contribution >= 4 is 11.9 Å². The van der Waals surface area contributed by atoms with Gasteiger partial charge in [0.1, 0.15) is 6.61 Å². The average molecular weight is 353 g/mol. The second-order valence-corrected chi connectivity index (χ2v) is 6.24. The van der Waals surface area contributed by atoms with Gasteiger partial charge >= 0.3 is 11.9 Å². The van der Waals surface area contributed by atoms with Crippen LogP contribution in [0.3, 0.4) is 0 Å². The predicted octanol–water partition coefficient (Wildman–Crippen LogP) is 2.87. The minimum Gasteiger partial charge on any atom is -0.465 e. The molecule has 2 aromatic carbocycles. The van der Waals surface area contributed by atoms with Crippen molar-refractivity contribution in [2.24, 2.45) is 11.7 Å². The summed E-state index contributed by atoms with van der Waals surface area (Å²) in [5.41, 5.74) is 10.1. The van der Waals surface area contributed by atoms with Crippen molar-refractivity contribution in [3.63, 3.8) is 0 Å². The molecule has 0 saturated heterocycles. The Hall–Kier alpha value is -2.66. The maximum Gasteiger partial charge on any atom is 0.320 e. The Bertz CT molecular complexity index is 757. The Balaban J connectivity index is 1.77. The molecule has 0 spiro atoms. The van der Waals surface area contributed by atoms with Crippen molar-refractivity contribution < 1.29 is 19.1 Å². The van der Waals surface area contributed by atoms with Gasteiger partial charge in [-0.1, -0.05) is 48.5 Å². The Morgan fingerprint density at radius 1 is 0.962 bits per heavy atom. The fourth-order valence-corrected chi connectivity index (χ4v) is 3.45. The molecule has 0 aromatic heterocycles. The molecule has 0 radical (unpaired) electrons. The molecule has 0 amide bonds. The van der Waals surface area contributed by atoms with Gasteiger partial charge in [-0.15, -0.1) is 0 Å². The van der Waals surface area contributed by atoms with Crippen LogP contribution in [0.15, 0.2) is 48.5 Å². The van der Waals surface area contributed by atoms with Crippen LogP contribution in [0.5, 0.6) is 0 Å². The largest absolute Gasteiger partial charge is 0.465 e. The highest BCUT2D eigenvalue weighted by Crippen LogP contribution is 2.44. The number of rotatable bonds is 7. The summed E-state index contributed by atoms with van der Waals surface area (Å²) in [6.07, 6.45) is 0.218. The van der Waals surface area contributed by atoms with Crippen LogP contribution in [0, 0.1) is 5.92 Å². The highest BCUT2D eigenvalue weighted by molar-refractivity contribution is 5.95. The second-order valence-electron chi connectivity index (χ2n) is 6.24. The van der Waals surface area contributed by atoms with Gasteiger partial charge in [0.2, 0.25) is 0 Å². The summed E-state index contributed by atoms with van der Waals surface area (Å²) < 4.78 is 10.5. The summed E-state index contributed by atoms with van der Waals surface area (Å²) in [6.45, 7) is 2.33. The highest BCUT2D eigenvalue weighted by atomic mass is 16.6. The van der Waals surface area contributed by atoms with Crippen LogP contribution < -0.4 is 5.73 Å². The Morgan fingerprint density at radius 3 is 2.04 bits per heavy atom. The van der Waals surface area contributed by atoms with E-state index in [0.717, 1.165) is 22.3 Å². The van der Waals surface area contributed by atoms with Crippen molar-refractivity contribution in [2.75, 3.05) is 19.8 Å². The number of hydrogen-bond acceptors (Lipinski definition) is 5. The lowest BCUT2D eigenvalue weighted by atomic mass is 9.98. The molecule has 2 aromatic rings. The summed E-state index contributed by atoms with van der Waals surface area (Å²) in [5.74, 6) is -2.15. The zero-order valence-corrected chi connectivity index (χ0v) is 14.8. The van der Waals surface area contributed by atoms with E-state index in [1.54, 1.807) is 6.92 Å². The van der Waals surface area contributed by atoms with Crippen LogP contribution in [-0.2, 0) is 19.1 Å². The SMILES string of the molecule is CCOC(=O)C(CCN)C(=O)OCC1c2ccccc2-c2ccccc21. The minimum atomic E-state index is -0.966. The van der Waals surface area contributed by atoms with E-state index in [4.69, 9.17) is 15.2 Å². The number of benzene rings is 2. The monoisotopic (exact) mass is 353 g/mol. The Labute approximate surface area is 153 Å². The van der Waals surface area contributed by atoms with Crippen LogP contribution in [0.2, 0.25) is 0 Å². The molecule has 1 aliphatic carbocycles.